The Morgan fingerprint density at radius 1 is 1.58 bits per heavy atom. The summed E-state index contributed by atoms with van der Waals surface area (Å²) >= 11 is 0. The third-order valence-corrected chi connectivity index (χ3v) is 3.40. The predicted octanol–water partition coefficient (Wildman–Crippen LogP) is 1.11. The fourth-order valence-corrected chi connectivity index (χ4v) is 2.46. The lowest BCUT2D eigenvalue weighted by molar-refractivity contribution is -0.137. The van der Waals surface area contributed by atoms with Gasteiger partial charge >= 0.3 is 5.97 Å². The topological polar surface area (TPSA) is 65.5 Å². The lowest BCUT2D eigenvalue weighted by Gasteiger charge is -2.24. The summed E-state index contributed by atoms with van der Waals surface area (Å²) < 4.78 is 0. The molecule has 0 bridgehead atoms. The number of aromatic nitrogens is 1. The first-order valence-electron chi connectivity index (χ1n) is 6.80. The van der Waals surface area contributed by atoms with Crippen LogP contribution in [0.1, 0.15) is 24.8 Å². The van der Waals surface area contributed by atoms with Crippen molar-refractivity contribution in [2.75, 3.05) is 19.6 Å². The zero-order valence-electron chi connectivity index (χ0n) is 11.1. The number of carbonyl (C=O) groups is 1. The fourth-order valence-electron chi connectivity index (χ4n) is 2.46. The van der Waals surface area contributed by atoms with Crippen molar-refractivity contribution >= 4 is 5.97 Å². The zero-order chi connectivity index (χ0) is 13.5. The highest BCUT2D eigenvalue weighted by molar-refractivity contribution is 5.66. The molecule has 0 radical (unpaired) electrons. The number of pyridine rings is 1. The quantitative estimate of drug-likeness (QED) is 0.833. The van der Waals surface area contributed by atoms with Crippen molar-refractivity contribution in [1.29, 1.82) is 0 Å². The Bertz CT molecular complexity index is 397. The second-order valence-electron chi connectivity index (χ2n) is 5.03. The molecule has 1 saturated heterocycles. The number of aliphatic carboxylic acids is 1. The van der Waals surface area contributed by atoms with Gasteiger partial charge in [0, 0.05) is 37.9 Å². The average molecular weight is 263 g/mol. The number of carboxylic acid groups (broad SMARTS) is 1. The van der Waals surface area contributed by atoms with E-state index in [1.54, 1.807) is 6.20 Å². The Hall–Kier alpha value is -1.46. The van der Waals surface area contributed by atoms with Crippen molar-refractivity contribution in [3.63, 3.8) is 0 Å². The molecule has 19 heavy (non-hydrogen) atoms. The molecular weight excluding hydrogens is 242 g/mol. The van der Waals surface area contributed by atoms with Gasteiger partial charge in [-0.1, -0.05) is 6.07 Å². The Balaban J connectivity index is 1.87. The SMILES string of the molecule is O=C(O)CCC1CN(Cc2cccnc2)CCCN1. The number of nitrogens with one attached hydrogen (secondary N) is 1. The first kappa shape index (κ1) is 14.0. The summed E-state index contributed by atoms with van der Waals surface area (Å²) in [7, 11) is 0. The van der Waals surface area contributed by atoms with Crippen LogP contribution < -0.4 is 5.32 Å². The number of nitrogens with zero attached hydrogens (tertiary/aromatic N) is 2. The summed E-state index contributed by atoms with van der Waals surface area (Å²) in [6.07, 6.45) is 5.70. The molecule has 0 spiro atoms. The predicted molar refractivity (Wildman–Crippen MR) is 72.8 cm³/mol. The first-order valence-corrected chi connectivity index (χ1v) is 6.80. The van der Waals surface area contributed by atoms with Crippen LogP contribution in [0.25, 0.3) is 0 Å². The molecule has 0 aliphatic carbocycles. The molecule has 0 amide bonds. The molecule has 1 aliphatic rings. The van der Waals surface area contributed by atoms with Gasteiger partial charge in [-0.2, -0.15) is 0 Å². The number of hydrogen-bond acceptors (Lipinski definition) is 4. The summed E-state index contributed by atoms with van der Waals surface area (Å²) in [6.45, 7) is 3.81. The molecule has 2 N–H and O–H groups in total. The summed E-state index contributed by atoms with van der Waals surface area (Å²) in [5, 5.41) is 12.2. The molecule has 1 aliphatic heterocycles. The van der Waals surface area contributed by atoms with Crippen LogP contribution in [0.3, 0.4) is 0 Å². The molecule has 0 saturated carbocycles. The lowest BCUT2D eigenvalue weighted by Crippen LogP contribution is -2.37. The van der Waals surface area contributed by atoms with Gasteiger partial charge in [-0.3, -0.25) is 14.7 Å². The van der Waals surface area contributed by atoms with Crippen LogP contribution in [0.2, 0.25) is 0 Å². The molecule has 5 heteroatoms. The second kappa shape index (κ2) is 7.21. The van der Waals surface area contributed by atoms with E-state index < -0.39 is 5.97 Å². The van der Waals surface area contributed by atoms with Gasteiger partial charge in [-0.15, -0.1) is 0 Å². The van der Waals surface area contributed by atoms with Crippen LogP contribution in [-0.4, -0.2) is 46.6 Å². The third-order valence-electron chi connectivity index (χ3n) is 3.40. The standard InChI is InChI=1S/C14H21N3O2/c18-14(19)5-4-13-11-17(8-2-7-16-13)10-12-3-1-6-15-9-12/h1,3,6,9,13,16H,2,4-5,7-8,10-11H2,(H,18,19). The van der Waals surface area contributed by atoms with Gasteiger partial charge in [0.25, 0.3) is 0 Å². The smallest absolute Gasteiger partial charge is 0.303 e. The monoisotopic (exact) mass is 263 g/mol. The minimum atomic E-state index is -0.718. The van der Waals surface area contributed by atoms with Gasteiger partial charge in [0.2, 0.25) is 0 Å². The highest BCUT2D eigenvalue weighted by Crippen LogP contribution is 2.10. The molecule has 2 rings (SSSR count). The van der Waals surface area contributed by atoms with Crippen molar-refractivity contribution in [2.45, 2.75) is 31.8 Å². The number of rotatable bonds is 5. The van der Waals surface area contributed by atoms with Crippen molar-refractivity contribution in [3.8, 4) is 0 Å². The van der Waals surface area contributed by atoms with E-state index in [1.165, 1.54) is 5.56 Å². The maximum absolute atomic E-state index is 10.7. The first-order chi connectivity index (χ1) is 9.24. The van der Waals surface area contributed by atoms with Crippen LogP contribution in [0, 0.1) is 0 Å². The van der Waals surface area contributed by atoms with Crippen molar-refractivity contribution in [2.24, 2.45) is 0 Å². The van der Waals surface area contributed by atoms with E-state index in [9.17, 15) is 4.79 Å². The molecular formula is C14H21N3O2. The van der Waals surface area contributed by atoms with Crippen LogP contribution >= 0.6 is 0 Å². The van der Waals surface area contributed by atoms with E-state index in [4.69, 9.17) is 5.11 Å². The number of hydrogen-bond donors (Lipinski definition) is 2. The summed E-state index contributed by atoms with van der Waals surface area (Å²) in [4.78, 5) is 17.2. The van der Waals surface area contributed by atoms with Gasteiger partial charge in [-0.05, 0) is 37.6 Å². The Morgan fingerprint density at radius 3 is 3.21 bits per heavy atom. The molecule has 1 unspecified atom stereocenters. The Morgan fingerprint density at radius 2 is 2.47 bits per heavy atom. The summed E-state index contributed by atoms with van der Waals surface area (Å²) in [6, 6.07) is 4.31. The van der Waals surface area contributed by atoms with Crippen molar-refractivity contribution in [3.05, 3.63) is 30.1 Å². The van der Waals surface area contributed by atoms with Crippen LogP contribution in [0.4, 0.5) is 0 Å². The van der Waals surface area contributed by atoms with E-state index in [0.29, 0.717) is 6.42 Å². The normalized spacial score (nSPS) is 20.9. The molecule has 1 fully saturated rings. The Kier molecular flexibility index (Phi) is 5.30. The molecule has 2 heterocycles. The lowest BCUT2D eigenvalue weighted by atomic mass is 10.1. The van der Waals surface area contributed by atoms with Crippen molar-refractivity contribution in [1.82, 2.24) is 15.2 Å². The maximum Gasteiger partial charge on any atom is 0.303 e. The maximum atomic E-state index is 10.7. The fraction of sp³-hybridized carbons (Fsp3) is 0.571. The largest absolute Gasteiger partial charge is 0.481 e. The van der Waals surface area contributed by atoms with Gasteiger partial charge in [0.1, 0.15) is 0 Å². The molecule has 1 atom stereocenters. The second-order valence-corrected chi connectivity index (χ2v) is 5.03. The summed E-state index contributed by atoms with van der Waals surface area (Å²) in [5.41, 5.74) is 1.21. The van der Waals surface area contributed by atoms with Gasteiger partial charge in [0.15, 0.2) is 0 Å². The molecule has 0 aromatic carbocycles. The van der Waals surface area contributed by atoms with Gasteiger partial charge in [-0.25, -0.2) is 0 Å². The molecule has 1 aromatic heterocycles. The van der Waals surface area contributed by atoms with Crippen molar-refractivity contribution < 1.29 is 9.90 Å². The molecule has 104 valence electrons. The summed E-state index contributed by atoms with van der Waals surface area (Å²) in [5.74, 6) is -0.718. The minimum absolute atomic E-state index is 0.235. The molecule has 5 nitrogen and oxygen atoms in total. The van der Waals surface area contributed by atoms with Crippen LogP contribution in [-0.2, 0) is 11.3 Å². The van der Waals surface area contributed by atoms with Crippen LogP contribution in [0.5, 0.6) is 0 Å². The van der Waals surface area contributed by atoms with E-state index >= 15 is 0 Å². The van der Waals surface area contributed by atoms with Gasteiger partial charge in [0.05, 0.1) is 0 Å². The van der Waals surface area contributed by atoms with E-state index in [1.807, 2.05) is 12.3 Å². The van der Waals surface area contributed by atoms with Gasteiger partial charge < -0.3 is 10.4 Å². The molecule has 1 aromatic rings. The average Bonchev–Trinajstić information content (AvgIpc) is 2.63. The number of carboxylic acids is 1. The van der Waals surface area contributed by atoms with E-state index in [-0.39, 0.29) is 12.5 Å². The van der Waals surface area contributed by atoms with E-state index in [2.05, 4.69) is 21.3 Å². The van der Waals surface area contributed by atoms with Crippen LogP contribution in [0.15, 0.2) is 24.5 Å². The third kappa shape index (κ3) is 4.96. The Labute approximate surface area is 113 Å². The zero-order valence-corrected chi connectivity index (χ0v) is 11.1. The van der Waals surface area contributed by atoms with E-state index in [0.717, 1.165) is 32.6 Å². The minimum Gasteiger partial charge on any atom is -0.481 e. The highest BCUT2D eigenvalue weighted by atomic mass is 16.4. The highest BCUT2D eigenvalue weighted by Gasteiger charge is 2.18.